The number of nitrogens with zero attached hydrogens (tertiary/aromatic N) is 1. The van der Waals surface area contributed by atoms with E-state index in [4.69, 9.17) is 22.1 Å². The van der Waals surface area contributed by atoms with E-state index in [9.17, 15) is 4.79 Å². The molecule has 1 aliphatic heterocycles. The van der Waals surface area contributed by atoms with Gasteiger partial charge in [-0.25, -0.2) is 0 Å². The highest BCUT2D eigenvalue weighted by Gasteiger charge is 2.38. The first-order chi connectivity index (χ1) is 8.58. The Morgan fingerprint density at radius 1 is 1.56 bits per heavy atom. The van der Waals surface area contributed by atoms with E-state index in [1.807, 2.05) is 6.92 Å². The van der Waals surface area contributed by atoms with Crippen molar-refractivity contribution >= 4 is 23.2 Å². The van der Waals surface area contributed by atoms with Crippen molar-refractivity contribution in [3.05, 3.63) is 23.2 Å². The third-order valence-electron chi connectivity index (χ3n) is 3.50. The zero-order chi connectivity index (χ0) is 13.3. The number of carbonyl (C=O) groups is 1. The van der Waals surface area contributed by atoms with E-state index < -0.39 is 0 Å². The third-order valence-corrected chi connectivity index (χ3v) is 3.73. The van der Waals surface area contributed by atoms with Crippen LogP contribution in [-0.4, -0.2) is 25.6 Å². The summed E-state index contributed by atoms with van der Waals surface area (Å²) < 4.78 is 5.29. The molecule has 4 nitrogen and oxygen atoms in total. The number of hydrogen-bond donors (Lipinski definition) is 1. The number of benzene rings is 1. The van der Waals surface area contributed by atoms with Gasteiger partial charge >= 0.3 is 0 Å². The van der Waals surface area contributed by atoms with E-state index in [0.29, 0.717) is 23.7 Å². The van der Waals surface area contributed by atoms with Gasteiger partial charge in [-0.2, -0.15) is 0 Å². The maximum atomic E-state index is 12.1. The lowest BCUT2D eigenvalue weighted by Gasteiger charge is -2.26. The molecule has 1 amide bonds. The van der Waals surface area contributed by atoms with E-state index >= 15 is 0 Å². The summed E-state index contributed by atoms with van der Waals surface area (Å²) in [6.07, 6.45) is 0.479. The molecule has 1 saturated heterocycles. The molecule has 1 aromatic carbocycles. The lowest BCUT2D eigenvalue weighted by Crippen LogP contribution is -2.35. The zero-order valence-electron chi connectivity index (χ0n) is 10.5. The Bertz CT molecular complexity index is 464. The molecule has 2 N–H and O–H groups in total. The van der Waals surface area contributed by atoms with Crippen LogP contribution in [0, 0.1) is 5.92 Å². The Kier molecular flexibility index (Phi) is 3.78. The highest BCUT2D eigenvalue weighted by Crippen LogP contribution is 2.37. The van der Waals surface area contributed by atoms with Gasteiger partial charge in [0.25, 0.3) is 0 Å². The molecule has 0 radical (unpaired) electrons. The molecule has 18 heavy (non-hydrogen) atoms. The van der Waals surface area contributed by atoms with Crippen molar-refractivity contribution < 1.29 is 9.53 Å². The van der Waals surface area contributed by atoms with Crippen molar-refractivity contribution in [1.29, 1.82) is 0 Å². The van der Waals surface area contributed by atoms with Gasteiger partial charge in [-0.1, -0.05) is 11.6 Å². The van der Waals surface area contributed by atoms with Gasteiger partial charge in [-0.15, -0.1) is 0 Å². The van der Waals surface area contributed by atoms with Gasteiger partial charge in [0.1, 0.15) is 5.75 Å². The summed E-state index contributed by atoms with van der Waals surface area (Å²) in [5.74, 6) is 0.900. The lowest BCUT2D eigenvalue weighted by molar-refractivity contribution is -0.117. The topological polar surface area (TPSA) is 55.6 Å². The van der Waals surface area contributed by atoms with Crippen LogP contribution in [0.25, 0.3) is 0 Å². The first-order valence-corrected chi connectivity index (χ1v) is 6.32. The quantitative estimate of drug-likeness (QED) is 0.913. The van der Waals surface area contributed by atoms with Gasteiger partial charge in [-0.3, -0.25) is 4.79 Å². The van der Waals surface area contributed by atoms with Crippen LogP contribution in [0.3, 0.4) is 0 Å². The van der Waals surface area contributed by atoms with Crippen molar-refractivity contribution in [2.24, 2.45) is 11.7 Å². The molecule has 1 aliphatic rings. The van der Waals surface area contributed by atoms with Gasteiger partial charge < -0.3 is 15.4 Å². The molecule has 2 unspecified atom stereocenters. The van der Waals surface area contributed by atoms with Gasteiger partial charge in [0.2, 0.25) is 5.91 Å². The number of nitrogens with two attached hydrogens (primary N) is 1. The fourth-order valence-electron chi connectivity index (χ4n) is 2.42. The number of halogens is 1. The number of rotatable bonds is 3. The molecule has 0 bridgehead atoms. The summed E-state index contributed by atoms with van der Waals surface area (Å²) in [5, 5.41) is 0.585. The Hall–Kier alpha value is -1.26. The van der Waals surface area contributed by atoms with E-state index in [2.05, 4.69) is 0 Å². The average molecular weight is 269 g/mol. The fourth-order valence-corrected chi connectivity index (χ4v) is 2.58. The van der Waals surface area contributed by atoms with Crippen molar-refractivity contribution in [2.75, 3.05) is 18.6 Å². The second-order valence-corrected chi connectivity index (χ2v) is 4.96. The van der Waals surface area contributed by atoms with Crippen molar-refractivity contribution in [2.45, 2.75) is 19.4 Å². The van der Waals surface area contributed by atoms with Crippen LogP contribution in [-0.2, 0) is 4.79 Å². The van der Waals surface area contributed by atoms with Crippen LogP contribution in [0.15, 0.2) is 18.2 Å². The van der Waals surface area contributed by atoms with Crippen LogP contribution in [0.5, 0.6) is 5.75 Å². The normalized spacial score (nSPS) is 23.6. The molecule has 98 valence electrons. The van der Waals surface area contributed by atoms with Gasteiger partial charge in [0.15, 0.2) is 0 Å². The molecule has 1 heterocycles. The van der Waals surface area contributed by atoms with Crippen molar-refractivity contribution in [3.63, 3.8) is 0 Å². The van der Waals surface area contributed by atoms with Crippen LogP contribution in [0.2, 0.25) is 5.02 Å². The molecule has 2 atom stereocenters. The van der Waals surface area contributed by atoms with Crippen LogP contribution in [0.1, 0.15) is 13.3 Å². The number of amides is 1. The summed E-state index contributed by atoms with van der Waals surface area (Å²) in [4.78, 5) is 13.8. The number of anilines is 1. The van der Waals surface area contributed by atoms with Crippen LogP contribution < -0.4 is 15.4 Å². The average Bonchev–Trinajstić information content (AvgIpc) is 2.64. The third kappa shape index (κ3) is 2.18. The van der Waals surface area contributed by atoms with Gasteiger partial charge in [-0.05, 0) is 31.7 Å². The van der Waals surface area contributed by atoms with Gasteiger partial charge in [0.05, 0.1) is 12.8 Å². The summed E-state index contributed by atoms with van der Waals surface area (Å²) in [6, 6.07) is 5.34. The lowest BCUT2D eigenvalue weighted by atomic mass is 10.0. The minimum Gasteiger partial charge on any atom is -0.495 e. The highest BCUT2D eigenvalue weighted by atomic mass is 35.5. The Labute approximate surface area is 112 Å². The fraction of sp³-hybridized carbons (Fsp3) is 0.462. The first kappa shape index (κ1) is 13.2. The largest absolute Gasteiger partial charge is 0.495 e. The van der Waals surface area contributed by atoms with Crippen LogP contribution >= 0.6 is 11.6 Å². The Morgan fingerprint density at radius 3 is 2.83 bits per heavy atom. The molecule has 1 aromatic rings. The highest BCUT2D eigenvalue weighted by molar-refractivity contribution is 6.31. The Morgan fingerprint density at radius 2 is 2.28 bits per heavy atom. The number of ether oxygens (including phenoxy) is 1. The van der Waals surface area contributed by atoms with E-state index in [0.717, 1.165) is 5.69 Å². The molecule has 0 aliphatic carbocycles. The molecular formula is C13H17ClN2O2. The summed E-state index contributed by atoms with van der Waals surface area (Å²) in [7, 11) is 1.58. The Balaban J connectivity index is 2.42. The predicted octanol–water partition coefficient (Wildman–Crippen LogP) is 2.05. The second kappa shape index (κ2) is 5.16. The monoisotopic (exact) mass is 268 g/mol. The van der Waals surface area contributed by atoms with Crippen LogP contribution in [0.4, 0.5) is 5.69 Å². The standard InChI is InChI=1S/C13H17ClN2O2/c1-8-9(7-15)5-13(17)16(8)11-6-10(14)3-4-12(11)18-2/h3-4,6,8-9H,5,7,15H2,1-2H3. The minimum absolute atomic E-state index is 0.0647. The van der Waals surface area contributed by atoms with Gasteiger partial charge in [0, 0.05) is 23.4 Å². The molecule has 1 fully saturated rings. The smallest absolute Gasteiger partial charge is 0.227 e. The van der Waals surface area contributed by atoms with E-state index in [-0.39, 0.29) is 17.9 Å². The van der Waals surface area contributed by atoms with Crippen molar-refractivity contribution in [1.82, 2.24) is 0 Å². The van der Waals surface area contributed by atoms with E-state index in [1.54, 1.807) is 30.2 Å². The molecule has 0 saturated carbocycles. The summed E-state index contributed by atoms with van der Waals surface area (Å²) in [6.45, 7) is 2.51. The molecule has 2 rings (SSSR count). The molecule has 0 spiro atoms. The first-order valence-electron chi connectivity index (χ1n) is 5.94. The molecule has 5 heteroatoms. The van der Waals surface area contributed by atoms with Crippen molar-refractivity contribution in [3.8, 4) is 5.75 Å². The zero-order valence-corrected chi connectivity index (χ0v) is 11.3. The summed E-state index contributed by atoms with van der Waals surface area (Å²) >= 11 is 6.00. The summed E-state index contributed by atoms with van der Waals surface area (Å²) in [5.41, 5.74) is 6.41. The molecule has 0 aromatic heterocycles. The number of carbonyl (C=O) groups excluding carboxylic acids is 1. The van der Waals surface area contributed by atoms with E-state index in [1.165, 1.54) is 0 Å². The molecular weight excluding hydrogens is 252 g/mol. The second-order valence-electron chi connectivity index (χ2n) is 4.52. The SMILES string of the molecule is COc1ccc(Cl)cc1N1C(=O)CC(CN)C1C. The minimum atomic E-state index is 0.0647. The predicted molar refractivity (Wildman–Crippen MR) is 72.1 cm³/mol. The maximum Gasteiger partial charge on any atom is 0.227 e. The number of methoxy groups -OCH3 is 1. The number of hydrogen-bond acceptors (Lipinski definition) is 3. The maximum absolute atomic E-state index is 12.1.